The fraction of sp³-hybridized carbons (Fsp3) is 0.769. The van der Waals surface area contributed by atoms with E-state index in [4.69, 9.17) is 5.11 Å². The van der Waals surface area contributed by atoms with Crippen molar-refractivity contribution in [2.75, 3.05) is 11.9 Å². The van der Waals surface area contributed by atoms with E-state index in [0.29, 0.717) is 6.54 Å². The molecule has 0 amide bonds. The number of carboxylic acids is 1. The Labute approximate surface area is 117 Å². The number of hydrogen-bond acceptors (Lipinski definition) is 5. The van der Waals surface area contributed by atoms with Crippen LogP contribution >= 0.6 is 11.5 Å². The molecule has 0 saturated heterocycles. The molecule has 1 aromatic heterocycles. The predicted molar refractivity (Wildman–Crippen MR) is 75.6 cm³/mol. The van der Waals surface area contributed by atoms with Gasteiger partial charge in [-0.05, 0) is 18.3 Å². The van der Waals surface area contributed by atoms with Crippen LogP contribution in [0.15, 0.2) is 0 Å². The molecule has 1 aliphatic rings. The summed E-state index contributed by atoms with van der Waals surface area (Å²) in [6.07, 6.45) is 3.33. The van der Waals surface area contributed by atoms with E-state index in [2.05, 4.69) is 35.4 Å². The molecule has 0 unspecified atom stereocenters. The molecule has 0 aromatic carbocycles. The minimum Gasteiger partial charge on any atom is -0.481 e. The second-order valence-electron chi connectivity index (χ2n) is 6.45. The molecule has 19 heavy (non-hydrogen) atoms. The summed E-state index contributed by atoms with van der Waals surface area (Å²) in [6, 6.07) is 0. The SMILES string of the molecule is CC(C)(C)c1nsc(NCC2(CC(=O)O)CCC2)n1. The molecule has 1 saturated carbocycles. The molecule has 0 radical (unpaired) electrons. The third-order valence-corrected chi connectivity index (χ3v) is 4.32. The molecular formula is C13H21N3O2S. The van der Waals surface area contributed by atoms with Gasteiger partial charge in [0, 0.05) is 23.5 Å². The number of carboxylic acid groups (broad SMARTS) is 1. The van der Waals surface area contributed by atoms with Crippen LogP contribution in [0.3, 0.4) is 0 Å². The average molecular weight is 283 g/mol. The Hall–Kier alpha value is -1.17. The maximum absolute atomic E-state index is 10.9. The maximum atomic E-state index is 10.9. The van der Waals surface area contributed by atoms with E-state index in [-0.39, 0.29) is 17.3 Å². The van der Waals surface area contributed by atoms with Gasteiger partial charge in [-0.15, -0.1) is 0 Å². The molecule has 0 atom stereocenters. The van der Waals surface area contributed by atoms with Gasteiger partial charge in [-0.1, -0.05) is 27.2 Å². The van der Waals surface area contributed by atoms with E-state index in [1.54, 1.807) is 0 Å². The Balaban J connectivity index is 1.95. The monoisotopic (exact) mass is 283 g/mol. The first-order valence-corrected chi connectivity index (χ1v) is 7.38. The number of anilines is 1. The maximum Gasteiger partial charge on any atom is 0.303 e. The molecule has 2 rings (SSSR count). The van der Waals surface area contributed by atoms with Gasteiger partial charge >= 0.3 is 5.97 Å². The molecule has 5 nitrogen and oxygen atoms in total. The zero-order valence-corrected chi connectivity index (χ0v) is 12.5. The number of nitrogens with one attached hydrogen (secondary N) is 1. The van der Waals surface area contributed by atoms with Gasteiger partial charge in [-0.3, -0.25) is 4.79 Å². The van der Waals surface area contributed by atoms with E-state index in [1.165, 1.54) is 11.5 Å². The molecule has 106 valence electrons. The van der Waals surface area contributed by atoms with Crippen LogP contribution in [-0.2, 0) is 10.2 Å². The van der Waals surface area contributed by atoms with Crippen molar-refractivity contribution in [3.05, 3.63) is 5.82 Å². The number of aliphatic carboxylic acids is 1. The van der Waals surface area contributed by atoms with E-state index < -0.39 is 5.97 Å². The van der Waals surface area contributed by atoms with Crippen molar-refractivity contribution in [2.24, 2.45) is 5.41 Å². The highest BCUT2D eigenvalue weighted by Crippen LogP contribution is 2.44. The number of carbonyl (C=O) groups is 1. The highest BCUT2D eigenvalue weighted by Gasteiger charge is 2.39. The summed E-state index contributed by atoms with van der Waals surface area (Å²) in [5.41, 5.74) is -0.134. The standard InChI is InChI=1S/C13H21N3O2S/c1-12(2,3)10-15-11(19-16-10)14-8-13(5-4-6-13)7-9(17)18/h4-8H2,1-3H3,(H,17,18)(H,14,15,16). The van der Waals surface area contributed by atoms with E-state index >= 15 is 0 Å². The second kappa shape index (κ2) is 5.07. The Morgan fingerprint density at radius 2 is 2.16 bits per heavy atom. The lowest BCUT2D eigenvalue weighted by Crippen LogP contribution is -2.38. The molecule has 0 bridgehead atoms. The summed E-state index contributed by atoms with van der Waals surface area (Å²) < 4.78 is 4.34. The fourth-order valence-corrected chi connectivity index (χ4v) is 3.03. The van der Waals surface area contributed by atoms with Gasteiger partial charge in [0.15, 0.2) is 0 Å². The van der Waals surface area contributed by atoms with Crippen LogP contribution in [0.5, 0.6) is 0 Å². The molecule has 2 N–H and O–H groups in total. The first kappa shape index (κ1) is 14.2. The van der Waals surface area contributed by atoms with Crippen LogP contribution in [0, 0.1) is 5.41 Å². The topological polar surface area (TPSA) is 75.1 Å². The second-order valence-corrected chi connectivity index (χ2v) is 7.20. The number of nitrogens with zero attached hydrogens (tertiary/aromatic N) is 2. The number of hydrogen-bond donors (Lipinski definition) is 2. The largest absolute Gasteiger partial charge is 0.481 e. The number of aromatic nitrogens is 2. The number of rotatable bonds is 5. The van der Waals surface area contributed by atoms with Crippen molar-refractivity contribution in [3.63, 3.8) is 0 Å². The molecule has 1 heterocycles. The van der Waals surface area contributed by atoms with Gasteiger partial charge in [0.1, 0.15) is 5.82 Å². The highest BCUT2D eigenvalue weighted by molar-refractivity contribution is 7.09. The Bertz CT molecular complexity index is 461. The van der Waals surface area contributed by atoms with Crippen molar-refractivity contribution >= 4 is 22.6 Å². The lowest BCUT2D eigenvalue weighted by atomic mass is 9.66. The molecule has 0 spiro atoms. The van der Waals surface area contributed by atoms with Crippen molar-refractivity contribution in [2.45, 2.75) is 51.9 Å². The van der Waals surface area contributed by atoms with Crippen LogP contribution in [0.2, 0.25) is 0 Å². The zero-order valence-electron chi connectivity index (χ0n) is 11.7. The minimum absolute atomic E-state index is 0.0499. The van der Waals surface area contributed by atoms with E-state index in [0.717, 1.165) is 30.2 Å². The fourth-order valence-electron chi connectivity index (χ4n) is 2.28. The third-order valence-electron chi connectivity index (χ3n) is 3.65. The smallest absolute Gasteiger partial charge is 0.303 e. The van der Waals surface area contributed by atoms with Crippen LogP contribution in [0.25, 0.3) is 0 Å². The first-order chi connectivity index (χ1) is 8.81. The van der Waals surface area contributed by atoms with Gasteiger partial charge in [0.25, 0.3) is 0 Å². The van der Waals surface area contributed by atoms with Crippen LogP contribution in [0.4, 0.5) is 5.13 Å². The molecular weight excluding hydrogens is 262 g/mol. The van der Waals surface area contributed by atoms with Crippen LogP contribution in [-0.4, -0.2) is 27.0 Å². The van der Waals surface area contributed by atoms with Gasteiger partial charge < -0.3 is 10.4 Å². The third kappa shape index (κ3) is 3.43. The van der Waals surface area contributed by atoms with Crippen molar-refractivity contribution in [1.82, 2.24) is 9.36 Å². The Kier molecular flexibility index (Phi) is 3.80. The summed E-state index contributed by atoms with van der Waals surface area (Å²) in [7, 11) is 0. The molecule has 1 fully saturated rings. The van der Waals surface area contributed by atoms with Crippen molar-refractivity contribution in [1.29, 1.82) is 0 Å². The Morgan fingerprint density at radius 1 is 1.47 bits per heavy atom. The summed E-state index contributed by atoms with van der Waals surface area (Å²) in [4.78, 5) is 15.4. The summed E-state index contributed by atoms with van der Waals surface area (Å²) in [6.45, 7) is 6.92. The van der Waals surface area contributed by atoms with Gasteiger partial charge in [-0.2, -0.15) is 4.37 Å². The normalized spacial score (nSPS) is 17.8. The molecule has 6 heteroatoms. The van der Waals surface area contributed by atoms with E-state index in [1.807, 2.05) is 0 Å². The quantitative estimate of drug-likeness (QED) is 0.869. The summed E-state index contributed by atoms with van der Waals surface area (Å²) in [5.74, 6) is 0.120. The minimum atomic E-state index is -0.714. The van der Waals surface area contributed by atoms with Crippen LogP contribution in [0.1, 0.15) is 52.3 Å². The highest BCUT2D eigenvalue weighted by atomic mass is 32.1. The van der Waals surface area contributed by atoms with E-state index in [9.17, 15) is 4.79 Å². The zero-order chi connectivity index (χ0) is 14.1. The van der Waals surface area contributed by atoms with Crippen LogP contribution < -0.4 is 5.32 Å². The Morgan fingerprint density at radius 3 is 2.58 bits per heavy atom. The lowest BCUT2D eigenvalue weighted by molar-refractivity contribution is -0.141. The molecule has 1 aromatic rings. The average Bonchev–Trinajstić information content (AvgIpc) is 2.69. The van der Waals surface area contributed by atoms with Gasteiger partial charge in [0.05, 0.1) is 6.42 Å². The van der Waals surface area contributed by atoms with Crippen molar-refractivity contribution in [3.8, 4) is 0 Å². The first-order valence-electron chi connectivity index (χ1n) is 6.61. The summed E-state index contributed by atoms with van der Waals surface area (Å²) in [5, 5.41) is 13.0. The predicted octanol–water partition coefficient (Wildman–Crippen LogP) is 2.89. The van der Waals surface area contributed by atoms with Gasteiger partial charge in [-0.25, -0.2) is 4.98 Å². The lowest BCUT2D eigenvalue weighted by Gasteiger charge is -2.40. The van der Waals surface area contributed by atoms with Crippen molar-refractivity contribution < 1.29 is 9.90 Å². The van der Waals surface area contributed by atoms with Gasteiger partial charge in [0.2, 0.25) is 5.13 Å². The molecule has 0 aliphatic heterocycles. The summed E-state index contributed by atoms with van der Waals surface area (Å²) >= 11 is 1.35. The molecule has 1 aliphatic carbocycles.